The molecule has 0 bridgehead atoms. The maximum atomic E-state index is 12.3. The molecule has 43 heavy (non-hydrogen) atoms. The van der Waals surface area contributed by atoms with E-state index in [0.717, 1.165) is 36.5 Å². The number of carbonyl (C=O) groups excluding carboxylic acids is 2. The molecule has 4 heteroatoms. The number of rotatable bonds is 24. The smallest absolute Gasteiger partial charge is 0.246 e. The fourth-order valence-corrected chi connectivity index (χ4v) is 7.86. The lowest BCUT2D eigenvalue weighted by atomic mass is 9.61. The van der Waals surface area contributed by atoms with Gasteiger partial charge >= 0.3 is 0 Å². The van der Waals surface area contributed by atoms with Crippen LogP contribution in [0.15, 0.2) is 0 Å². The van der Waals surface area contributed by atoms with Crippen LogP contribution < -0.4 is 5.32 Å². The van der Waals surface area contributed by atoms with Crippen LogP contribution in [0.25, 0.3) is 0 Å². The highest BCUT2D eigenvalue weighted by atomic mass is 16.2. The number of nitrogens with zero attached hydrogens (tertiary/aromatic N) is 1. The predicted octanol–water partition coefficient (Wildman–Crippen LogP) is 11.3. The molecule has 5 unspecified atom stereocenters. The topological polar surface area (TPSA) is 49.4 Å². The fraction of sp³-hybridized carbons (Fsp3) is 0.949. The molecule has 2 fully saturated rings. The Hall–Kier alpha value is -0.900. The zero-order valence-electron chi connectivity index (χ0n) is 30.0. The van der Waals surface area contributed by atoms with Crippen molar-refractivity contribution in [3.8, 4) is 0 Å². The first-order valence-corrected chi connectivity index (χ1v) is 19.5. The first kappa shape index (κ1) is 40.1. The Morgan fingerprint density at radius 2 is 1.02 bits per heavy atom. The van der Waals surface area contributed by atoms with Gasteiger partial charge in [-0.25, -0.2) is 0 Å². The monoisotopic (exact) mass is 605 g/mol. The molecule has 4 nitrogen and oxygen atoms in total. The van der Waals surface area contributed by atoms with Crippen LogP contribution in [0.2, 0.25) is 0 Å². The highest BCUT2D eigenvalue weighted by Crippen LogP contribution is 2.47. The van der Waals surface area contributed by atoms with Gasteiger partial charge in [-0.05, 0) is 62.8 Å². The van der Waals surface area contributed by atoms with Crippen LogP contribution in [-0.2, 0) is 9.59 Å². The average molecular weight is 605 g/mol. The molecular formula is C39H76N2O2. The maximum Gasteiger partial charge on any atom is 0.246 e. The molecule has 1 aliphatic heterocycles. The maximum absolute atomic E-state index is 12.3. The second-order valence-corrected chi connectivity index (χ2v) is 14.1. The largest absolute Gasteiger partial charge is 0.308 e. The van der Waals surface area contributed by atoms with Crippen LogP contribution in [-0.4, -0.2) is 36.3 Å². The van der Waals surface area contributed by atoms with Crippen molar-refractivity contribution in [2.24, 2.45) is 23.7 Å². The highest BCUT2D eigenvalue weighted by Gasteiger charge is 2.38. The van der Waals surface area contributed by atoms with Gasteiger partial charge in [0.15, 0.2) is 0 Å². The molecule has 254 valence electrons. The predicted molar refractivity (Wildman–Crippen MR) is 187 cm³/mol. The van der Waals surface area contributed by atoms with E-state index in [2.05, 4.69) is 39.9 Å². The summed E-state index contributed by atoms with van der Waals surface area (Å²) in [5.41, 5.74) is 0. The molecule has 0 aromatic carbocycles. The third kappa shape index (κ3) is 16.3. The molecule has 0 aromatic rings. The van der Waals surface area contributed by atoms with Crippen molar-refractivity contribution in [1.82, 2.24) is 10.2 Å². The molecule has 2 aliphatic rings. The summed E-state index contributed by atoms with van der Waals surface area (Å²) in [5, 5.41) is 2.96. The number of likely N-dealkylation sites (N-methyl/N-ethyl adjacent to an activating group) is 1. The number of hydrogen-bond donors (Lipinski definition) is 1. The summed E-state index contributed by atoms with van der Waals surface area (Å²) in [6.45, 7) is 12.0. The molecule has 1 N–H and O–H groups in total. The van der Waals surface area contributed by atoms with Crippen LogP contribution in [0.1, 0.15) is 195 Å². The van der Waals surface area contributed by atoms with E-state index in [1.165, 1.54) is 146 Å². The van der Waals surface area contributed by atoms with Crippen molar-refractivity contribution in [2.75, 3.05) is 13.6 Å². The number of carbonyl (C=O) groups is 2. The summed E-state index contributed by atoms with van der Waals surface area (Å²) in [4.78, 5) is 25.9. The Kier molecular flexibility index (Phi) is 24.6. The Labute approximate surface area is 269 Å². The minimum absolute atomic E-state index is 0.00258. The lowest BCUT2D eigenvalue weighted by molar-refractivity contribution is -0.138. The van der Waals surface area contributed by atoms with Crippen LogP contribution in [0.4, 0.5) is 0 Å². The summed E-state index contributed by atoms with van der Waals surface area (Å²) in [6, 6.07) is -0.301. The first-order chi connectivity index (χ1) is 21.0. The molecule has 2 amide bonds. The number of amides is 2. The van der Waals surface area contributed by atoms with E-state index in [0.29, 0.717) is 13.0 Å². The Morgan fingerprint density at radius 1 is 0.558 bits per heavy atom. The van der Waals surface area contributed by atoms with E-state index in [4.69, 9.17) is 0 Å². The van der Waals surface area contributed by atoms with Gasteiger partial charge in [0.05, 0.1) is 12.5 Å². The number of hydrogen-bond acceptors (Lipinski definition) is 3. The van der Waals surface area contributed by atoms with E-state index in [-0.39, 0.29) is 17.9 Å². The molecular weight excluding hydrogens is 528 g/mol. The van der Waals surface area contributed by atoms with Gasteiger partial charge in [0.25, 0.3) is 0 Å². The summed E-state index contributed by atoms with van der Waals surface area (Å²) in [5.74, 6) is 3.88. The molecule has 0 radical (unpaired) electrons. The van der Waals surface area contributed by atoms with Crippen molar-refractivity contribution < 1.29 is 9.59 Å². The molecule has 0 aromatic heterocycles. The zero-order valence-corrected chi connectivity index (χ0v) is 30.0. The van der Waals surface area contributed by atoms with Crippen molar-refractivity contribution in [1.29, 1.82) is 0 Å². The van der Waals surface area contributed by atoms with E-state index in [1.54, 1.807) is 7.05 Å². The normalized spacial score (nSPS) is 24.0. The summed E-state index contributed by atoms with van der Waals surface area (Å²) in [7, 11) is 1.76. The summed E-state index contributed by atoms with van der Waals surface area (Å²) < 4.78 is 0. The van der Waals surface area contributed by atoms with Crippen LogP contribution in [0.5, 0.6) is 0 Å². The van der Waals surface area contributed by atoms with Gasteiger partial charge in [-0.3, -0.25) is 14.5 Å². The van der Waals surface area contributed by atoms with Crippen molar-refractivity contribution >= 4 is 11.8 Å². The summed E-state index contributed by atoms with van der Waals surface area (Å²) >= 11 is 0. The Balaban J connectivity index is 0.00000217. The molecule has 5 atom stereocenters. The SMILES string of the molecule is CCCC.CCCCCCCCC1C(CCC)CCC(CCCCC)C1CCCCCCCCN1C(=O)CC(NC)C1=O. The molecule has 2 rings (SSSR count). The molecule has 1 saturated carbocycles. The third-order valence-corrected chi connectivity index (χ3v) is 10.7. The van der Waals surface area contributed by atoms with Crippen LogP contribution in [0, 0.1) is 23.7 Å². The average Bonchev–Trinajstić information content (AvgIpc) is 3.29. The zero-order chi connectivity index (χ0) is 31.7. The van der Waals surface area contributed by atoms with Gasteiger partial charge in [-0.15, -0.1) is 0 Å². The molecule has 1 saturated heterocycles. The van der Waals surface area contributed by atoms with Gasteiger partial charge < -0.3 is 5.32 Å². The number of imide groups is 1. The summed E-state index contributed by atoms with van der Waals surface area (Å²) in [6.07, 6.45) is 33.3. The van der Waals surface area contributed by atoms with Crippen molar-refractivity contribution in [3.63, 3.8) is 0 Å². The van der Waals surface area contributed by atoms with Crippen LogP contribution >= 0.6 is 0 Å². The Bertz CT molecular complexity index is 678. The fourth-order valence-electron chi connectivity index (χ4n) is 7.86. The third-order valence-electron chi connectivity index (χ3n) is 10.7. The van der Waals surface area contributed by atoms with Crippen molar-refractivity contribution in [3.05, 3.63) is 0 Å². The van der Waals surface area contributed by atoms with Gasteiger partial charge in [0.2, 0.25) is 11.8 Å². The standard InChI is InChI=1S/C35H66N2O2.C4H10/c1-5-8-10-11-14-18-23-31-29(21-7-3)25-26-30(22-17-9-6-2)32(31)24-19-15-12-13-16-20-27-37-34(38)28-33(36-4)35(37)39;1-3-4-2/h29-33,36H,5-28H2,1-4H3;3-4H2,1-2H3. The number of nitrogens with one attached hydrogen (secondary N) is 1. The van der Waals surface area contributed by atoms with E-state index in [9.17, 15) is 9.59 Å². The minimum atomic E-state index is -0.301. The van der Waals surface area contributed by atoms with Crippen molar-refractivity contribution in [2.45, 2.75) is 201 Å². The Morgan fingerprint density at radius 3 is 1.51 bits per heavy atom. The lowest BCUT2D eigenvalue weighted by Gasteiger charge is -2.44. The van der Waals surface area contributed by atoms with Gasteiger partial charge in [0.1, 0.15) is 0 Å². The second-order valence-electron chi connectivity index (χ2n) is 14.1. The minimum Gasteiger partial charge on any atom is -0.308 e. The quantitative estimate of drug-likeness (QED) is 0.0880. The van der Waals surface area contributed by atoms with Crippen LogP contribution in [0.3, 0.4) is 0 Å². The lowest BCUT2D eigenvalue weighted by Crippen LogP contribution is -2.37. The number of likely N-dealkylation sites (tertiary alicyclic amines) is 1. The molecule has 0 spiro atoms. The second kappa shape index (κ2) is 26.3. The highest BCUT2D eigenvalue weighted by molar-refractivity contribution is 6.05. The number of unbranched alkanes of at least 4 members (excludes halogenated alkanes) is 13. The van der Waals surface area contributed by atoms with E-state index in [1.807, 2.05) is 0 Å². The van der Waals surface area contributed by atoms with E-state index >= 15 is 0 Å². The van der Waals surface area contributed by atoms with E-state index < -0.39 is 0 Å². The molecule has 1 heterocycles. The first-order valence-electron chi connectivity index (χ1n) is 19.5. The molecule has 1 aliphatic carbocycles. The van der Waals surface area contributed by atoms with Gasteiger partial charge in [0, 0.05) is 6.54 Å². The van der Waals surface area contributed by atoms with Gasteiger partial charge in [-0.1, -0.05) is 157 Å². The van der Waals surface area contributed by atoms with Gasteiger partial charge in [-0.2, -0.15) is 0 Å².